The average Bonchev–Trinajstić information content (AvgIpc) is 2.36. The molecule has 0 saturated heterocycles. The van der Waals surface area contributed by atoms with Crippen molar-refractivity contribution in [3.05, 3.63) is 35.9 Å². The van der Waals surface area contributed by atoms with Gasteiger partial charge in [-0.1, -0.05) is 30.3 Å². The van der Waals surface area contributed by atoms with Crippen LogP contribution in [-0.2, 0) is 16.1 Å². The van der Waals surface area contributed by atoms with Crippen LogP contribution in [0.1, 0.15) is 26.3 Å². The second-order valence-electron chi connectivity index (χ2n) is 4.85. The molecule has 1 aromatic rings. The molecular weight excluding hydrogens is 230 g/mol. The molecule has 1 atom stereocenters. The Labute approximate surface area is 108 Å². The molecule has 4 heteroatoms. The molecule has 100 valence electrons. The summed E-state index contributed by atoms with van der Waals surface area (Å²) < 4.78 is 5.22. The molecule has 0 fully saturated rings. The summed E-state index contributed by atoms with van der Waals surface area (Å²) in [6.45, 7) is 5.39. The SMILES string of the molecule is CC(C)N[C@](C)(CO)C(=O)OCc1ccccc1. The summed E-state index contributed by atoms with van der Waals surface area (Å²) in [6.07, 6.45) is 0. The average molecular weight is 251 g/mol. The Balaban J connectivity index is 2.58. The van der Waals surface area contributed by atoms with E-state index < -0.39 is 11.5 Å². The van der Waals surface area contributed by atoms with Gasteiger partial charge in [-0.15, -0.1) is 0 Å². The first-order valence-corrected chi connectivity index (χ1v) is 6.07. The second kappa shape index (κ2) is 6.52. The third-order valence-corrected chi connectivity index (χ3v) is 2.59. The summed E-state index contributed by atoms with van der Waals surface area (Å²) in [4.78, 5) is 12.0. The number of ether oxygens (including phenoxy) is 1. The van der Waals surface area contributed by atoms with E-state index in [-0.39, 0.29) is 19.3 Å². The summed E-state index contributed by atoms with van der Waals surface area (Å²) in [5.41, 5.74) is -0.126. The monoisotopic (exact) mass is 251 g/mol. The highest BCUT2D eigenvalue weighted by Crippen LogP contribution is 2.10. The number of rotatable bonds is 6. The second-order valence-corrected chi connectivity index (χ2v) is 4.85. The molecule has 0 saturated carbocycles. The summed E-state index contributed by atoms with van der Waals surface area (Å²) in [6, 6.07) is 9.55. The van der Waals surface area contributed by atoms with E-state index in [0.29, 0.717) is 0 Å². The Morgan fingerprint density at radius 2 is 2.00 bits per heavy atom. The van der Waals surface area contributed by atoms with Gasteiger partial charge in [0.25, 0.3) is 0 Å². The van der Waals surface area contributed by atoms with E-state index in [2.05, 4.69) is 5.32 Å². The van der Waals surface area contributed by atoms with Crippen molar-refractivity contribution < 1.29 is 14.6 Å². The van der Waals surface area contributed by atoms with Gasteiger partial charge in [0.1, 0.15) is 12.1 Å². The van der Waals surface area contributed by atoms with Crippen LogP contribution in [0.15, 0.2) is 30.3 Å². The number of aliphatic hydroxyl groups is 1. The molecule has 1 rings (SSSR count). The zero-order chi connectivity index (χ0) is 13.6. The van der Waals surface area contributed by atoms with E-state index in [0.717, 1.165) is 5.56 Å². The molecule has 0 aromatic heterocycles. The maximum absolute atomic E-state index is 12.0. The number of hydrogen-bond donors (Lipinski definition) is 2. The van der Waals surface area contributed by atoms with Crippen molar-refractivity contribution in [1.29, 1.82) is 0 Å². The number of nitrogens with one attached hydrogen (secondary N) is 1. The van der Waals surface area contributed by atoms with E-state index in [9.17, 15) is 9.90 Å². The van der Waals surface area contributed by atoms with Crippen molar-refractivity contribution in [2.75, 3.05) is 6.61 Å². The Hall–Kier alpha value is -1.39. The smallest absolute Gasteiger partial charge is 0.328 e. The maximum atomic E-state index is 12.0. The third-order valence-electron chi connectivity index (χ3n) is 2.59. The first-order chi connectivity index (χ1) is 8.48. The fourth-order valence-electron chi connectivity index (χ4n) is 1.69. The number of esters is 1. The van der Waals surface area contributed by atoms with Crippen molar-refractivity contribution in [3.63, 3.8) is 0 Å². The standard InChI is InChI=1S/C14H21NO3/c1-11(2)15-14(3,10-16)13(17)18-9-12-7-5-4-6-8-12/h4-8,11,15-16H,9-10H2,1-3H3/t14-/m1/s1. The largest absolute Gasteiger partial charge is 0.459 e. The van der Waals surface area contributed by atoms with Crippen molar-refractivity contribution in [2.45, 2.75) is 39.0 Å². The van der Waals surface area contributed by atoms with Crippen LogP contribution >= 0.6 is 0 Å². The molecule has 4 nitrogen and oxygen atoms in total. The number of aliphatic hydroxyl groups excluding tert-OH is 1. The Morgan fingerprint density at radius 1 is 1.39 bits per heavy atom. The number of carbonyl (C=O) groups is 1. The minimum atomic E-state index is -1.05. The molecule has 0 amide bonds. The van der Waals surface area contributed by atoms with Gasteiger partial charge in [-0.05, 0) is 26.3 Å². The van der Waals surface area contributed by atoms with E-state index in [4.69, 9.17) is 4.74 Å². The summed E-state index contributed by atoms with van der Waals surface area (Å²) >= 11 is 0. The van der Waals surface area contributed by atoms with Crippen LogP contribution in [0.3, 0.4) is 0 Å². The maximum Gasteiger partial charge on any atom is 0.328 e. The van der Waals surface area contributed by atoms with Crippen LogP contribution < -0.4 is 5.32 Å². The van der Waals surface area contributed by atoms with Crippen LogP contribution in [0.4, 0.5) is 0 Å². The molecule has 0 aliphatic rings. The first kappa shape index (κ1) is 14.7. The molecule has 0 bridgehead atoms. The van der Waals surface area contributed by atoms with E-state index in [1.165, 1.54) is 0 Å². The van der Waals surface area contributed by atoms with Crippen molar-refractivity contribution >= 4 is 5.97 Å². The van der Waals surface area contributed by atoms with Gasteiger partial charge in [0, 0.05) is 6.04 Å². The minimum Gasteiger partial charge on any atom is -0.459 e. The highest BCUT2D eigenvalue weighted by Gasteiger charge is 2.34. The van der Waals surface area contributed by atoms with Crippen LogP contribution in [0.5, 0.6) is 0 Å². The summed E-state index contributed by atoms with van der Waals surface area (Å²) in [5.74, 6) is -0.442. The van der Waals surface area contributed by atoms with Crippen LogP contribution in [0, 0.1) is 0 Å². The lowest BCUT2D eigenvalue weighted by Gasteiger charge is -2.28. The molecule has 18 heavy (non-hydrogen) atoms. The van der Waals surface area contributed by atoms with E-state index in [1.54, 1.807) is 6.92 Å². The molecule has 0 aliphatic heterocycles. The van der Waals surface area contributed by atoms with Gasteiger partial charge >= 0.3 is 5.97 Å². The fraction of sp³-hybridized carbons (Fsp3) is 0.500. The highest BCUT2D eigenvalue weighted by atomic mass is 16.5. The lowest BCUT2D eigenvalue weighted by Crippen LogP contribution is -2.55. The number of hydrogen-bond acceptors (Lipinski definition) is 4. The van der Waals surface area contributed by atoms with Crippen molar-refractivity contribution in [2.24, 2.45) is 0 Å². The molecule has 0 radical (unpaired) electrons. The summed E-state index contributed by atoms with van der Waals surface area (Å²) in [7, 11) is 0. The topological polar surface area (TPSA) is 58.6 Å². The van der Waals surface area contributed by atoms with Crippen LogP contribution in [-0.4, -0.2) is 29.3 Å². The quantitative estimate of drug-likeness (QED) is 0.752. The van der Waals surface area contributed by atoms with E-state index in [1.807, 2.05) is 44.2 Å². The van der Waals surface area contributed by atoms with E-state index >= 15 is 0 Å². The van der Waals surface area contributed by atoms with Crippen LogP contribution in [0.2, 0.25) is 0 Å². The normalized spacial score (nSPS) is 14.3. The first-order valence-electron chi connectivity index (χ1n) is 6.07. The Bertz CT molecular complexity index is 378. The Morgan fingerprint density at radius 3 is 2.50 bits per heavy atom. The van der Waals surface area contributed by atoms with Gasteiger partial charge in [-0.3, -0.25) is 5.32 Å². The molecule has 0 heterocycles. The molecule has 1 aromatic carbocycles. The minimum absolute atomic E-state index is 0.0893. The molecule has 0 unspecified atom stereocenters. The number of benzene rings is 1. The zero-order valence-corrected chi connectivity index (χ0v) is 11.1. The van der Waals surface area contributed by atoms with Crippen molar-refractivity contribution in [1.82, 2.24) is 5.32 Å². The lowest BCUT2D eigenvalue weighted by molar-refractivity contribution is -0.154. The van der Waals surface area contributed by atoms with Gasteiger partial charge in [-0.2, -0.15) is 0 Å². The van der Waals surface area contributed by atoms with Crippen LogP contribution in [0.25, 0.3) is 0 Å². The highest BCUT2D eigenvalue weighted by molar-refractivity contribution is 5.80. The lowest BCUT2D eigenvalue weighted by atomic mass is 10.0. The fourth-order valence-corrected chi connectivity index (χ4v) is 1.69. The third kappa shape index (κ3) is 4.13. The predicted molar refractivity (Wildman–Crippen MR) is 70.0 cm³/mol. The van der Waals surface area contributed by atoms with Gasteiger partial charge in [0.05, 0.1) is 6.61 Å². The number of carbonyl (C=O) groups excluding carboxylic acids is 1. The Kier molecular flexibility index (Phi) is 5.31. The predicted octanol–water partition coefficient (Wildman–Crippen LogP) is 1.48. The van der Waals surface area contributed by atoms with Gasteiger partial charge in [0.2, 0.25) is 0 Å². The van der Waals surface area contributed by atoms with Gasteiger partial charge in [0.15, 0.2) is 0 Å². The molecule has 2 N–H and O–H groups in total. The van der Waals surface area contributed by atoms with Crippen molar-refractivity contribution in [3.8, 4) is 0 Å². The zero-order valence-electron chi connectivity index (χ0n) is 11.1. The summed E-state index contributed by atoms with van der Waals surface area (Å²) in [5, 5.41) is 12.4. The van der Waals surface area contributed by atoms with Gasteiger partial charge in [-0.25, -0.2) is 4.79 Å². The van der Waals surface area contributed by atoms with Gasteiger partial charge < -0.3 is 9.84 Å². The molecule has 0 spiro atoms. The molecule has 0 aliphatic carbocycles. The molecular formula is C14H21NO3.